The Morgan fingerprint density at radius 1 is 1.21 bits per heavy atom. The first-order valence-electron chi connectivity index (χ1n) is 7.48. The molecule has 1 aromatic carbocycles. The van der Waals surface area contributed by atoms with Crippen molar-refractivity contribution in [3.63, 3.8) is 0 Å². The van der Waals surface area contributed by atoms with Crippen LogP contribution in [-0.4, -0.2) is 25.5 Å². The second-order valence-corrected chi connectivity index (χ2v) is 5.25. The van der Waals surface area contributed by atoms with Crippen LogP contribution in [0.4, 0.5) is 0 Å². The van der Waals surface area contributed by atoms with Crippen LogP contribution in [0.25, 0.3) is 0 Å². The van der Waals surface area contributed by atoms with Crippen LogP contribution in [0.3, 0.4) is 0 Å². The number of furan rings is 1. The van der Waals surface area contributed by atoms with Crippen LogP contribution >= 0.6 is 24.0 Å². The lowest BCUT2D eigenvalue weighted by Crippen LogP contribution is -2.38. The molecule has 0 aliphatic rings. The van der Waals surface area contributed by atoms with Crippen molar-refractivity contribution in [2.75, 3.05) is 13.6 Å². The first-order chi connectivity index (χ1) is 11.1. The molecule has 2 rings (SSSR count). The lowest BCUT2D eigenvalue weighted by molar-refractivity contribution is 0.0972. The SMILES string of the molecule is CN=C(NCc1ccc(C(N)=O)o1)NCC(C)c1ccccc1.I. The quantitative estimate of drug-likeness (QED) is 0.364. The molecule has 0 saturated heterocycles. The first-order valence-corrected chi connectivity index (χ1v) is 7.48. The van der Waals surface area contributed by atoms with Crippen molar-refractivity contribution < 1.29 is 9.21 Å². The van der Waals surface area contributed by atoms with Crippen LogP contribution in [0.5, 0.6) is 0 Å². The molecule has 1 unspecified atom stereocenters. The van der Waals surface area contributed by atoms with Gasteiger partial charge >= 0.3 is 0 Å². The highest BCUT2D eigenvalue weighted by molar-refractivity contribution is 14.0. The molecule has 24 heavy (non-hydrogen) atoms. The lowest BCUT2D eigenvalue weighted by atomic mass is 10.0. The molecular formula is C17H23IN4O2. The maximum absolute atomic E-state index is 11.0. The Balaban J connectivity index is 0.00000288. The number of nitrogens with one attached hydrogen (secondary N) is 2. The molecule has 0 radical (unpaired) electrons. The molecule has 0 fully saturated rings. The molecule has 7 heteroatoms. The predicted octanol–water partition coefficient (Wildman–Crippen LogP) is 2.47. The molecular weight excluding hydrogens is 419 g/mol. The van der Waals surface area contributed by atoms with Crippen molar-refractivity contribution in [3.8, 4) is 0 Å². The summed E-state index contributed by atoms with van der Waals surface area (Å²) in [6, 6.07) is 13.6. The van der Waals surface area contributed by atoms with E-state index in [1.165, 1.54) is 5.56 Å². The highest BCUT2D eigenvalue weighted by atomic mass is 127. The summed E-state index contributed by atoms with van der Waals surface area (Å²) in [5.74, 6) is 1.24. The zero-order chi connectivity index (χ0) is 16.7. The molecule has 0 aliphatic heterocycles. The van der Waals surface area contributed by atoms with Crippen molar-refractivity contribution >= 4 is 35.8 Å². The number of nitrogens with zero attached hydrogens (tertiary/aromatic N) is 1. The zero-order valence-electron chi connectivity index (χ0n) is 13.8. The van der Waals surface area contributed by atoms with E-state index in [-0.39, 0.29) is 29.7 Å². The van der Waals surface area contributed by atoms with Gasteiger partial charge < -0.3 is 20.8 Å². The van der Waals surface area contributed by atoms with E-state index < -0.39 is 5.91 Å². The molecule has 1 amide bonds. The Bertz CT molecular complexity index is 670. The van der Waals surface area contributed by atoms with Crippen LogP contribution in [0.2, 0.25) is 0 Å². The highest BCUT2D eigenvalue weighted by Gasteiger charge is 2.09. The molecule has 0 aliphatic carbocycles. The number of aliphatic imine (C=N–C) groups is 1. The number of hydrogen-bond donors (Lipinski definition) is 3. The Morgan fingerprint density at radius 3 is 2.50 bits per heavy atom. The van der Waals surface area contributed by atoms with E-state index in [9.17, 15) is 4.79 Å². The molecule has 0 bridgehead atoms. The third kappa shape index (κ3) is 5.88. The molecule has 1 heterocycles. The fourth-order valence-corrected chi connectivity index (χ4v) is 2.15. The van der Waals surface area contributed by atoms with Gasteiger partial charge in [0.2, 0.25) is 0 Å². The highest BCUT2D eigenvalue weighted by Crippen LogP contribution is 2.13. The third-order valence-corrected chi connectivity index (χ3v) is 3.50. The van der Waals surface area contributed by atoms with Crippen molar-refractivity contribution in [3.05, 3.63) is 59.5 Å². The molecule has 0 spiro atoms. The molecule has 4 N–H and O–H groups in total. The number of carbonyl (C=O) groups is 1. The average Bonchev–Trinajstić information content (AvgIpc) is 3.05. The minimum absolute atomic E-state index is 0. The molecule has 130 valence electrons. The average molecular weight is 442 g/mol. The van der Waals surface area contributed by atoms with Crippen LogP contribution < -0.4 is 16.4 Å². The summed E-state index contributed by atoms with van der Waals surface area (Å²) in [5, 5.41) is 6.41. The van der Waals surface area contributed by atoms with E-state index >= 15 is 0 Å². The van der Waals surface area contributed by atoms with E-state index in [0.717, 1.165) is 6.54 Å². The van der Waals surface area contributed by atoms with Crippen LogP contribution in [-0.2, 0) is 6.54 Å². The van der Waals surface area contributed by atoms with E-state index in [0.29, 0.717) is 24.2 Å². The van der Waals surface area contributed by atoms with E-state index in [1.807, 2.05) is 18.2 Å². The Labute approximate surface area is 158 Å². The second kappa shape index (κ2) is 9.96. The number of guanidine groups is 1. The smallest absolute Gasteiger partial charge is 0.284 e. The van der Waals surface area contributed by atoms with Gasteiger partial charge in [0.25, 0.3) is 5.91 Å². The second-order valence-electron chi connectivity index (χ2n) is 5.25. The number of rotatable bonds is 6. The summed E-state index contributed by atoms with van der Waals surface area (Å²) < 4.78 is 5.32. The number of halogens is 1. The lowest BCUT2D eigenvalue weighted by Gasteiger charge is -2.16. The number of hydrogen-bond acceptors (Lipinski definition) is 3. The van der Waals surface area contributed by atoms with E-state index in [2.05, 4.69) is 34.7 Å². The monoisotopic (exact) mass is 442 g/mol. The molecule has 6 nitrogen and oxygen atoms in total. The summed E-state index contributed by atoms with van der Waals surface area (Å²) in [6.45, 7) is 3.34. The van der Waals surface area contributed by atoms with E-state index in [1.54, 1.807) is 19.2 Å². The summed E-state index contributed by atoms with van der Waals surface area (Å²) >= 11 is 0. The summed E-state index contributed by atoms with van der Waals surface area (Å²) in [5.41, 5.74) is 6.43. The molecule has 0 saturated carbocycles. The molecule has 1 atom stereocenters. The van der Waals surface area contributed by atoms with Gasteiger partial charge in [-0.3, -0.25) is 9.79 Å². The van der Waals surface area contributed by atoms with Gasteiger partial charge in [0, 0.05) is 13.6 Å². The first kappa shape index (κ1) is 20.0. The van der Waals surface area contributed by atoms with Gasteiger partial charge in [0.05, 0.1) is 6.54 Å². The fourth-order valence-electron chi connectivity index (χ4n) is 2.15. The number of carbonyl (C=O) groups excluding carboxylic acids is 1. The van der Waals surface area contributed by atoms with Gasteiger partial charge in [-0.05, 0) is 23.6 Å². The van der Waals surface area contributed by atoms with Gasteiger partial charge in [-0.15, -0.1) is 24.0 Å². The number of amides is 1. The van der Waals surface area contributed by atoms with E-state index in [4.69, 9.17) is 10.2 Å². The molecule has 1 aromatic heterocycles. The normalized spacial score (nSPS) is 12.2. The van der Waals surface area contributed by atoms with Crippen molar-refractivity contribution in [1.29, 1.82) is 0 Å². The predicted molar refractivity (Wildman–Crippen MR) is 106 cm³/mol. The van der Waals surface area contributed by atoms with Crippen molar-refractivity contribution in [2.24, 2.45) is 10.7 Å². The number of nitrogens with two attached hydrogens (primary N) is 1. The van der Waals surface area contributed by atoms with Gasteiger partial charge in [0.1, 0.15) is 5.76 Å². The maximum atomic E-state index is 11.0. The van der Waals surface area contributed by atoms with Gasteiger partial charge in [-0.1, -0.05) is 37.3 Å². The van der Waals surface area contributed by atoms with Gasteiger partial charge in [-0.2, -0.15) is 0 Å². The Kier molecular flexibility index (Phi) is 8.31. The summed E-state index contributed by atoms with van der Waals surface area (Å²) in [6.07, 6.45) is 0. The maximum Gasteiger partial charge on any atom is 0.284 e. The van der Waals surface area contributed by atoms with Crippen LogP contribution in [0.1, 0.15) is 34.7 Å². The standard InChI is InChI=1S/C17H22N4O2.HI/c1-12(13-6-4-3-5-7-13)10-20-17(19-2)21-11-14-8-9-15(23-14)16(18)22;/h3-9,12H,10-11H2,1-2H3,(H2,18,22)(H2,19,20,21);1H. The third-order valence-electron chi connectivity index (χ3n) is 3.50. The minimum atomic E-state index is -0.574. The summed E-state index contributed by atoms with van der Waals surface area (Å²) in [7, 11) is 1.71. The van der Waals surface area contributed by atoms with Crippen molar-refractivity contribution in [2.45, 2.75) is 19.4 Å². The minimum Gasteiger partial charge on any atom is -0.454 e. The Hall–Kier alpha value is -2.03. The molecule has 2 aromatic rings. The number of benzene rings is 1. The van der Waals surface area contributed by atoms with Gasteiger partial charge in [0.15, 0.2) is 11.7 Å². The van der Waals surface area contributed by atoms with Gasteiger partial charge in [-0.25, -0.2) is 0 Å². The Morgan fingerprint density at radius 2 is 1.92 bits per heavy atom. The van der Waals surface area contributed by atoms with Crippen molar-refractivity contribution in [1.82, 2.24) is 10.6 Å². The zero-order valence-corrected chi connectivity index (χ0v) is 16.1. The fraction of sp³-hybridized carbons (Fsp3) is 0.294. The topological polar surface area (TPSA) is 92.6 Å². The van der Waals surface area contributed by atoms with Crippen LogP contribution in [0.15, 0.2) is 51.9 Å². The van der Waals surface area contributed by atoms with Crippen LogP contribution in [0, 0.1) is 0 Å². The largest absolute Gasteiger partial charge is 0.454 e. The number of primary amides is 1. The summed E-state index contributed by atoms with van der Waals surface area (Å²) in [4.78, 5) is 15.2.